The molecular weight excluding hydrogens is 459 g/mol. The number of halogens is 3. The van der Waals surface area contributed by atoms with Gasteiger partial charge in [0.1, 0.15) is 6.04 Å². The summed E-state index contributed by atoms with van der Waals surface area (Å²) >= 11 is 0. The number of nitro benzene ring substituents is 1. The van der Waals surface area contributed by atoms with E-state index in [0.717, 1.165) is 30.3 Å². The number of ether oxygens (including phenoxy) is 1. The summed E-state index contributed by atoms with van der Waals surface area (Å²) in [4.78, 5) is 47.2. The first-order valence-electron chi connectivity index (χ1n) is 10.1. The first-order valence-corrected chi connectivity index (χ1v) is 10.1. The number of alkyl halides is 3. The molecule has 9 nitrogen and oxygen atoms in total. The van der Waals surface area contributed by atoms with Gasteiger partial charge in [0, 0.05) is 18.1 Å². The maximum atomic E-state index is 12.9. The predicted molar refractivity (Wildman–Crippen MR) is 113 cm³/mol. The molecule has 0 aliphatic rings. The van der Waals surface area contributed by atoms with Gasteiger partial charge in [-0.3, -0.25) is 24.5 Å². The first kappa shape index (κ1) is 26.3. The van der Waals surface area contributed by atoms with Crippen molar-refractivity contribution in [2.24, 2.45) is 5.73 Å². The minimum Gasteiger partial charge on any atom is -0.466 e. The number of non-ortho nitro benzene ring substituents is 1. The van der Waals surface area contributed by atoms with Crippen LogP contribution in [0.15, 0.2) is 48.5 Å². The van der Waals surface area contributed by atoms with Crippen molar-refractivity contribution in [1.29, 1.82) is 0 Å². The maximum absolute atomic E-state index is 12.9. The number of carbonyl (C=O) groups excluding carboxylic acids is 3. The van der Waals surface area contributed by atoms with Crippen LogP contribution < -0.4 is 11.1 Å². The Balaban J connectivity index is 2.30. The fourth-order valence-corrected chi connectivity index (χ4v) is 3.31. The van der Waals surface area contributed by atoms with Gasteiger partial charge in [-0.2, -0.15) is 13.2 Å². The zero-order valence-corrected chi connectivity index (χ0v) is 18.0. The molecule has 0 heterocycles. The van der Waals surface area contributed by atoms with Gasteiger partial charge >= 0.3 is 12.1 Å². The first-order chi connectivity index (χ1) is 15.9. The van der Waals surface area contributed by atoms with Crippen LogP contribution >= 0.6 is 0 Å². The molecule has 0 fully saturated rings. The lowest BCUT2D eigenvalue weighted by Gasteiger charge is -2.25. The van der Waals surface area contributed by atoms with Gasteiger partial charge in [0.15, 0.2) is 0 Å². The number of hydrogen-bond donors (Lipinski definition) is 2. The summed E-state index contributed by atoms with van der Waals surface area (Å²) in [5.41, 5.74) is 4.64. The average molecular weight is 481 g/mol. The van der Waals surface area contributed by atoms with E-state index in [2.05, 4.69) is 5.32 Å². The summed E-state index contributed by atoms with van der Waals surface area (Å²) in [6, 6.07) is 7.66. The lowest BCUT2D eigenvalue weighted by molar-refractivity contribution is -0.384. The number of benzene rings is 2. The van der Waals surface area contributed by atoms with E-state index in [9.17, 15) is 37.7 Å². The zero-order chi connectivity index (χ0) is 25.5. The summed E-state index contributed by atoms with van der Waals surface area (Å²) in [6.45, 7) is 1.62. The van der Waals surface area contributed by atoms with Gasteiger partial charge in [0.2, 0.25) is 11.8 Å². The van der Waals surface area contributed by atoms with Crippen molar-refractivity contribution in [3.05, 3.63) is 75.3 Å². The quantitative estimate of drug-likeness (QED) is 0.304. The zero-order valence-electron chi connectivity index (χ0n) is 18.0. The van der Waals surface area contributed by atoms with Gasteiger partial charge in [-0.1, -0.05) is 30.3 Å². The van der Waals surface area contributed by atoms with Crippen molar-refractivity contribution < 1.29 is 37.2 Å². The van der Waals surface area contributed by atoms with Gasteiger partial charge in [0.05, 0.1) is 29.9 Å². The van der Waals surface area contributed by atoms with Crippen molar-refractivity contribution in [3.8, 4) is 0 Å². The number of hydrogen-bond acceptors (Lipinski definition) is 6. The Morgan fingerprint density at radius 2 is 1.79 bits per heavy atom. The van der Waals surface area contributed by atoms with Crippen LogP contribution in [0.2, 0.25) is 0 Å². The summed E-state index contributed by atoms with van der Waals surface area (Å²) in [6.07, 6.45) is -5.47. The molecule has 34 heavy (non-hydrogen) atoms. The topological polar surface area (TPSA) is 142 Å². The molecule has 0 saturated carbocycles. The second-order valence-electron chi connectivity index (χ2n) is 7.29. The molecule has 0 aromatic heterocycles. The molecule has 2 rings (SSSR count). The lowest BCUT2D eigenvalue weighted by atomic mass is 9.87. The fourth-order valence-electron chi connectivity index (χ4n) is 3.31. The van der Waals surface area contributed by atoms with Crippen molar-refractivity contribution >= 4 is 23.5 Å². The number of rotatable bonds is 10. The molecule has 2 atom stereocenters. The predicted octanol–water partition coefficient (Wildman–Crippen LogP) is 2.86. The molecule has 12 heteroatoms. The number of carbonyl (C=O) groups is 3. The van der Waals surface area contributed by atoms with Crippen molar-refractivity contribution in [2.75, 3.05) is 6.61 Å². The third-order valence-electron chi connectivity index (χ3n) is 4.87. The van der Waals surface area contributed by atoms with Crippen LogP contribution in [-0.2, 0) is 31.7 Å². The highest BCUT2D eigenvalue weighted by atomic mass is 19.4. The summed E-state index contributed by atoms with van der Waals surface area (Å²) < 4.78 is 43.7. The number of primary amides is 1. The normalized spacial score (nSPS) is 12.9. The molecule has 0 saturated heterocycles. The highest BCUT2D eigenvalue weighted by Crippen LogP contribution is 2.30. The Morgan fingerprint density at radius 1 is 1.15 bits per heavy atom. The minimum absolute atomic E-state index is 0.0489. The largest absolute Gasteiger partial charge is 0.466 e. The number of nitrogens with one attached hydrogen (secondary N) is 1. The molecule has 0 bridgehead atoms. The van der Waals surface area contributed by atoms with Gasteiger partial charge < -0.3 is 15.8 Å². The smallest absolute Gasteiger partial charge is 0.416 e. The fraction of sp³-hybridized carbons (Fsp3) is 0.318. The number of nitrogens with two attached hydrogens (primary N) is 1. The summed E-state index contributed by atoms with van der Waals surface area (Å²) in [7, 11) is 0. The molecule has 0 radical (unpaired) electrons. The second-order valence-corrected chi connectivity index (χ2v) is 7.29. The number of amides is 2. The van der Waals surface area contributed by atoms with E-state index in [-0.39, 0.29) is 24.3 Å². The molecular formula is C22H22F3N3O6. The van der Waals surface area contributed by atoms with E-state index < -0.39 is 52.8 Å². The molecule has 0 unspecified atom stereocenters. The van der Waals surface area contributed by atoms with E-state index in [0.29, 0.717) is 5.56 Å². The van der Waals surface area contributed by atoms with E-state index in [1.54, 1.807) is 6.92 Å². The maximum Gasteiger partial charge on any atom is 0.416 e. The Labute approximate surface area is 192 Å². The molecule has 2 aromatic carbocycles. The molecule has 0 spiro atoms. The number of nitro groups is 1. The van der Waals surface area contributed by atoms with E-state index >= 15 is 0 Å². The van der Waals surface area contributed by atoms with Gasteiger partial charge in [-0.25, -0.2) is 0 Å². The number of esters is 1. The van der Waals surface area contributed by atoms with Crippen LogP contribution in [-0.4, -0.2) is 35.4 Å². The Kier molecular flexibility index (Phi) is 8.70. The van der Waals surface area contributed by atoms with Crippen LogP contribution in [0.25, 0.3) is 0 Å². The van der Waals surface area contributed by atoms with E-state index in [1.807, 2.05) is 0 Å². The van der Waals surface area contributed by atoms with Crippen LogP contribution in [0.4, 0.5) is 18.9 Å². The molecule has 3 N–H and O–H groups in total. The molecule has 2 amide bonds. The minimum atomic E-state index is -4.59. The van der Waals surface area contributed by atoms with E-state index in [4.69, 9.17) is 10.5 Å². The van der Waals surface area contributed by atoms with Crippen LogP contribution in [0.1, 0.15) is 36.0 Å². The molecule has 2 aromatic rings. The van der Waals surface area contributed by atoms with Gasteiger partial charge in [-0.05, 0) is 24.1 Å². The van der Waals surface area contributed by atoms with Crippen LogP contribution in [0.5, 0.6) is 0 Å². The van der Waals surface area contributed by atoms with Crippen molar-refractivity contribution in [3.63, 3.8) is 0 Å². The van der Waals surface area contributed by atoms with Gasteiger partial charge in [0.25, 0.3) is 5.69 Å². The van der Waals surface area contributed by atoms with Gasteiger partial charge in [-0.15, -0.1) is 0 Å². The summed E-state index contributed by atoms with van der Waals surface area (Å²) in [5.74, 6) is -3.56. The number of nitrogens with zero attached hydrogens (tertiary/aromatic N) is 1. The van der Waals surface area contributed by atoms with Crippen molar-refractivity contribution in [1.82, 2.24) is 5.32 Å². The van der Waals surface area contributed by atoms with Crippen molar-refractivity contribution in [2.45, 2.75) is 37.9 Å². The Hall–Kier alpha value is -3.96. The molecule has 0 aliphatic heterocycles. The van der Waals surface area contributed by atoms with E-state index in [1.165, 1.54) is 18.2 Å². The van der Waals surface area contributed by atoms with Crippen LogP contribution in [0, 0.1) is 10.1 Å². The molecule has 0 aliphatic carbocycles. The highest BCUT2D eigenvalue weighted by Gasteiger charge is 2.33. The Morgan fingerprint density at radius 3 is 2.32 bits per heavy atom. The highest BCUT2D eigenvalue weighted by molar-refractivity contribution is 5.89. The Bertz CT molecular complexity index is 1060. The third-order valence-corrected chi connectivity index (χ3v) is 4.87. The van der Waals surface area contributed by atoms with Crippen LogP contribution in [0.3, 0.4) is 0 Å². The lowest BCUT2D eigenvalue weighted by Crippen LogP contribution is -2.49. The standard InChI is InChI=1S/C22H22F3N3O6/c1-2-34-19(30)12-17(14-6-8-16(9-7-14)28(32)33)20(21(26)31)27-18(29)11-13-4-3-5-15(10-13)22(23,24)25/h3-10,17,20H,2,11-12H2,1H3,(H2,26,31)(H,27,29)/t17-,20-/m0/s1. The second kappa shape index (κ2) is 11.3. The third kappa shape index (κ3) is 7.29. The summed E-state index contributed by atoms with van der Waals surface area (Å²) in [5, 5.41) is 13.3. The monoisotopic (exact) mass is 481 g/mol. The SMILES string of the molecule is CCOC(=O)C[C@@H](c1ccc([N+](=O)[O-])cc1)[C@H](NC(=O)Cc1cccc(C(F)(F)F)c1)C(N)=O. The molecule has 182 valence electrons. The average Bonchev–Trinajstić information content (AvgIpc) is 2.76.